The number of fused-ring (bicyclic) bond motifs is 1. The predicted molar refractivity (Wildman–Crippen MR) is 93.0 cm³/mol. The smallest absolute Gasteiger partial charge is 0.190 e. The number of Topliss-reactive ketones (excluding diaryl/α,β-unsaturated/α-hetero) is 1. The summed E-state index contributed by atoms with van der Waals surface area (Å²) in [5, 5.41) is 0. The number of ether oxygens (including phenoxy) is 4. The van der Waals surface area contributed by atoms with E-state index in [0.29, 0.717) is 13.0 Å². The van der Waals surface area contributed by atoms with Crippen molar-refractivity contribution >= 4 is 5.78 Å². The summed E-state index contributed by atoms with van der Waals surface area (Å²) in [6.45, 7) is 8.24. The monoisotopic (exact) mass is 348 g/mol. The first kappa shape index (κ1) is 18.5. The van der Waals surface area contributed by atoms with Crippen molar-refractivity contribution in [3.8, 4) is 0 Å². The summed E-state index contributed by atoms with van der Waals surface area (Å²) < 4.78 is 23.8. The fourth-order valence-electron chi connectivity index (χ4n) is 3.37. The van der Waals surface area contributed by atoms with Gasteiger partial charge in [0.05, 0.1) is 6.61 Å². The quantitative estimate of drug-likeness (QED) is 0.755. The van der Waals surface area contributed by atoms with Crippen LogP contribution in [0.15, 0.2) is 24.3 Å². The van der Waals surface area contributed by atoms with Crippen molar-refractivity contribution in [2.75, 3.05) is 0 Å². The Balaban J connectivity index is 1.73. The lowest BCUT2D eigenvalue weighted by Crippen LogP contribution is -2.40. The Morgan fingerprint density at radius 2 is 2.00 bits per heavy atom. The average molecular weight is 348 g/mol. The summed E-state index contributed by atoms with van der Waals surface area (Å²) in [7, 11) is 0. The number of rotatable bonds is 7. The van der Waals surface area contributed by atoms with Crippen LogP contribution in [-0.4, -0.2) is 36.2 Å². The van der Waals surface area contributed by atoms with E-state index in [0.717, 1.165) is 24.0 Å². The molecule has 1 aromatic carbocycles. The van der Waals surface area contributed by atoms with E-state index in [4.69, 9.17) is 18.9 Å². The van der Waals surface area contributed by atoms with Crippen molar-refractivity contribution in [2.24, 2.45) is 0 Å². The highest BCUT2D eigenvalue weighted by Crippen LogP contribution is 2.39. The molecular formula is C20H28O5. The molecule has 2 saturated heterocycles. The molecule has 5 heteroatoms. The van der Waals surface area contributed by atoms with Gasteiger partial charge < -0.3 is 18.9 Å². The Morgan fingerprint density at radius 1 is 1.24 bits per heavy atom. The summed E-state index contributed by atoms with van der Waals surface area (Å²) in [4.78, 5) is 12.6. The molecule has 0 amide bonds. The Kier molecular flexibility index (Phi) is 5.58. The molecule has 0 saturated carbocycles. The predicted octanol–water partition coefficient (Wildman–Crippen LogP) is 3.52. The lowest BCUT2D eigenvalue weighted by molar-refractivity contribution is -0.218. The maximum Gasteiger partial charge on any atom is 0.190 e. The van der Waals surface area contributed by atoms with E-state index in [1.54, 1.807) is 0 Å². The van der Waals surface area contributed by atoms with Gasteiger partial charge in [-0.15, -0.1) is 0 Å². The van der Waals surface area contributed by atoms with Crippen LogP contribution in [0.1, 0.15) is 51.2 Å². The van der Waals surface area contributed by atoms with Crippen LogP contribution in [0.4, 0.5) is 0 Å². The molecule has 25 heavy (non-hydrogen) atoms. The lowest BCUT2D eigenvalue weighted by atomic mass is 10.0. The fraction of sp³-hybridized carbons (Fsp3) is 0.650. The number of ketones is 1. The highest BCUT2D eigenvalue weighted by Gasteiger charge is 2.57. The molecule has 0 radical (unpaired) electrons. The van der Waals surface area contributed by atoms with Gasteiger partial charge in [-0.25, -0.2) is 0 Å². The van der Waals surface area contributed by atoms with Gasteiger partial charge in [-0.05, 0) is 38.3 Å². The van der Waals surface area contributed by atoms with Crippen LogP contribution in [0, 0.1) is 6.92 Å². The summed E-state index contributed by atoms with van der Waals surface area (Å²) in [6, 6.07) is 8.07. The van der Waals surface area contributed by atoms with Gasteiger partial charge in [-0.2, -0.15) is 0 Å². The molecule has 0 aromatic heterocycles. The van der Waals surface area contributed by atoms with E-state index < -0.39 is 24.3 Å². The largest absolute Gasteiger partial charge is 0.367 e. The highest BCUT2D eigenvalue weighted by molar-refractivity contribution is 5.84. The van der Waals surface area contributed by atoms with Gasteiger partial charge in [0, 0.05) is 6.42 Å². The third kappa shape index (κ3) is 4.11. The van der Waals surface area contributed by atoms with Crippen LogP contribution < -0.4 is 0 Å². The van der Waals surface area contributed by atoms with E-state index in [9.17, 15) is 4.79 Å². The SMILES string of the molecule is CCCCC(=O)[C@H]1O[C@@H]2OC(C)(C)O[C@@H]2[C@H]1OCc1ccccc1C. The van der Waals surface area contributed by atoms with Crippen molar-refractivity contribution in [3.63, 3.8) is 0 Å². The Labute approximate surface area is 149 Å². The number of benzene rings is 1. The van der Waals surface area contributed by atoms with Crippen molar-refractivity contribution in [1.29, 1.82) is 0 Å². The minimum Gasteiger partial charge on any atom is -0.367 e. The Morgan fingerprint density at radius 3 is 2.72 bits per heavy atom. The van der Waals surface area contributed by atoms with Gasteiger partial charge in [0.1, 0.15) is 18.3 Å². The second kappa shape index (κ2) is 7.54. The van der Waals surface area contributed by atoms with Crippen LogP contribution in [0.25, 0.3) is 0 Å². The average Bonchev–Trinajstić information content (AvgIpc) is 3.04. The van der Waals surface area contributed by atoms with E-state index in [1.165, 1.54) is 0 Å². The first-order valence-corrected chi connectivity index (χ1v) is 9.11. The highest BCUT2D eigenvalue weighted by atomic mass is 16.8. The summed E-state index contributed by atoms with van der Waals surface area (Å²) in [5.41, 5.74) is 2.26. The van der Waals surface area contributed by atoms with Gasteiger partial charge in [-0.3, -0.25) is 4.79 Å². The minimum atomic E-state index is -0.725. The number of carbonyl (C=O) groups excluding carboxylic acids is 1. The minimum absolute atomic E-state index is 0.0658. The van der Waals surface area contributed by atoms with Gasteiger partial charge >= 0.3 is 0 Å². The number of unbranched alkanes of at least 4 members (excludes halogenated alkanes) is 1. The second-order valence-corrected chi connectivity index (χ2v) is 7.30. The van der Waals surface area contributed by atoms with E-state index in [1.807, 2.05) is 32.0 Å². The summed E-state index contributed by atoms with van der Waals surface area (Å²) >= 11 is 0. The third-order valence-electron chi connectivity index (χ3n) is 4.78. The van der Waals surface area contributed by atoms with Crippen LogP contribution in [0.5, 0.6) is 0 Å². The zero-order valence-corrected chi connectivity index (χ0v) is 15.5. The number of carbonyl (C=O) groups is 1. The molecule has 0 aliphatic carbocycles. The molecule has 3 rings (SSSR count). The normalized spacial score (nSPS) is 30.4. The van der Waals surface area contributed by atoms with Gasteiger partial charge in [0.2, 0.25) is 0 Å². The zero-order chi connectivity index (χ0) is 18.0. The third-order valence-corrected chi connectivity index (χ3v) is 4.78. The van der Waals surface area contributed by atoms with E-state index in [-0.39, 0.29) is 11.9 Å². The molecular weight excluding hydrogens is 320 g/mol. The molecule has 2 aliphatic rings. The topological polar surface area (TPSA) is 54.0 Å². The molecule has 1 aromatic rings. The van der Waals surface area contributed by atoms with Gasteiger partial charge in [0.15, 0.2) is 17.9 Å². The van der Waals surface area contributed by atoms with Crippen molar-refractivity contribution < 1.29 is 23.7 Å². The molecule has 0 unspecified atom stereocenters. The molecule has 0 N–H and O–H groups in total. The lowest BCUT2D eigenvalue weighted by Gasteiger charge is -2.25. The van der Waals surface area contributed by atoms with Crippen molar-refractivity contribution in [2.45, 2.75) is 84.0 Å². The van der Waals surface area contributed by atoms with Gasteiger partial charge in [0.25, 0.3) is 0 Å². The van der Waals surface area contributed by atoms with Gasteiger partial charge in [-0.1, -0.05) is 37.6 Å². The Bertz CT molecular complexity index is 612. The maximum atomic E-state index is 12.6. The molecule has 0 bridgehead atoms. The van der Waals surface area contributed by atoms with Crippen molar-refractivity contribution in [3.05, 3.63) is 35.4 Å². The van der Waals surface area contributed by atoms with Crippen molar-refractivity contribution in [1.82, 2.24) is 0 Å². The summed E-state index contributed by atoms with van der Waals surface area (Å²) in [5.74, 6) is -0.659. The van der Waals surface area contributed by atoms with E-state index >= 15 is 0 Å². The Hall–Kier alpha value is -1.27. The fourth-order valence-corrected chi connectivity index (χ4v) is 3.37. The zero-order valence-electron chi connectivity index (χ0n) is 15.5. The molecule has 2 aliphatic heterocycles. The number of aryl methyl sites for hydroxylation is 1. The van der Waals surface area contributed by atoms with Crippen LogP contribution in [0.2, 0.25) is 0 Å². The number of hydrogen-bond acceptors (Lipinski definition) is 5. The van der Waals surface area contributed by atoms with Crippen LogP contribution >= 0.6 is 0 Å². The van der Waals surface area contributed by atoms with Crippen LogP contribution in [-0.2, 0) is 30.3 Å². The second-order valence-electron chi connectivity index (χ2n) is 7.30. The van der Waals surface area contributed by atoms with E-state index in [2.05, 4.69) is 19.9 Å². The van der Waals surface area contributed by atoms with Crippen LogP contribution in [0.3, 0.4) is 0 Å². The molecule has 0 spiro atoms. The number of hydrogen-bond donors (Lipinski definition) is 0. The molecule has 4 atom stereocenters. The molecule has 138 valence electrons. The standard InChI is InChI=1S/C20H28O5/c1-5-6-11-15(21)16-17(18-19(23-16)25-20(3,4)24-18)22-12-14-10-8-7-9-13(14)2/h7-10,16-19H,5-6,11-12H2,1-4H3/t16-,17+,18-,19-/m1/s1. The molecule has 5 nitrogen and oxygen atoms in total. The first-order chi connectivity index (χ1) is 11.9. The first-order valence-electron chi connectivity index (χ1n) is 9.11. The maximum absolute atomic E-state index is 12.6. The molecule has 2 heterocycles. The summed E-state index contributed by atoms with van der Waals surface area (Å²) in [6.07, 6.45) is 0.319. The molecule has 2 fully saturated rings.